The normalized spacial score (nSPS) is 11.9. The van der Waals surface area contributed by atoms with Crippen LogP contribution in [0.4, 0.5) is 0 Å². The number of imidazole rings is 1. The minimum absolute atomic E-state index is 0.0393. The third kappa shape index (κ3) is 5.26. The zero-order valence-electron chi connectivity index (χ0n) is 15.5. The number of nitrogens with one attached hydrogen (secondary N) is 3. The first-order chi connectivity index (χ1) is 13.5. The fourth-order valence-electron chi connectivity index (χ4n) is 2.75. The number of nitrogens with zero attached hydrogens (tertiary/aromatic N) is 1. The van der Waals surface area contributed by atoms with Crippen molar-refractivity contribution < 1.29 is 14.4 Å². The molecule has 0 spiro atoms. The predicted molar refractivity (Wildman–Crippen MR) is 108 cm³/mol. The monoisotopic (exact) mass is 398 g/mol. The third-order valence-corrected chi connectivity index (χ3v) is 5.16. The molecule has 2 aromatic heterocycles. The molecule has 28 heavy (non-hydrogen) atoms. The molecule has 1 aromatic carbocycles. The number of Topliss-reactive ketones (excluding diaryl/α,β-unsaturated/α-hetero) is 1. The zero-order valence-corrected chi connectivity index (χ0v) is 16.3. The minimum Gasteiger partial charge on any atom is -0.356 e. The van der Waals surface area contributed by atoms with Crippen LogP contribution < -0.4 is 10.6 Å². The molecule has 3 aromatic rings. The molecular weight excluding hydrogens is 376 g/mol. The molecule has 1 unspecified atom stereocenters. The Hall–Kier alpha value is -3.00. The van der Waals surface area contributed by atoms with Crippen molar-refractivity contribution >= 4 is 40.0 Å². The van der Waals surface area contributed by atoms with Gasteiger partial charge < -0.3 is 15.6 Å². The fraction of sp³-hybridized carbons (Fsp3) is 0.300. The fourth-order valence-corrected chi connectivity index (χ4v) is 3.45. The van der Waals surface area contributed by atoms with Gasteiger partial charge in [-0.2, -0.15) is 0 Å². The molecule has 0 fully saturated rings. The smallest absolute Gasteiger partial charge is 0.222 e. The van der Waals surface area contributed by atoms with E-state index in [1.54, 1.807) is 6.07 Å². The first-order valence-electron chi connectivity index (χ1n) is 9.10. The summed E-state index contributed by atoms with van der Waals surface area (Å²) in [6.45, 7) is 2.08. The Labute approximate surface area is 166 Å². The number of para-hydroxylation sites is 2. The lowest BCUT2D eigenvalue weighted by molar-refractivity contribution is -0.122. The van der Waals surface area contributed by atoms with Crippen molar-refractivity contribution in [3.8, 4) is 0 Å². The molecule has 146 valence electrons. The maximum Gasteiger partial charge on any atom is 0.222 e. The van der Waals surface area contributed by atoms with E-state index in [-0.39, 0.29) is 49.4 Å². The first kappa shape index (κ1) is 19.8. The van der Waals surface area contributed by atoms with Crippen LogP contribution in [0, 0.1) is 0 Å². The molecule has 0 aliphatic heterocycles. The summed E-state index contributed by atoms with van der Waals surface area (Å²) in [5.41, 5.74) is 1.77. The second-order valence-electron chi connectivity index (χ2n) is 6.43. The number of fused-ring (bicyclic) bond motifs is 1. The van der Waals surface area contributed by atoms with Crippen LogP contribution in [-0.2, 0) is 9.59 Å². The molecule has 2 heterocycles. The molecule has 0 aliphatic rings. The Morgan fingerprint density at radius 1 is 1.07 bits per heavy atom. The van der Waals surface area contributed by atoms with Gasteiger partial charge in [0.1, 0.15) is 5.82 Å². The lowest BCUT2D eigenvalue weighted by Gasteiger charge is -2.11. The number of benzene rings is 1. The van der Waals surface area contributed by atoms with Gasteiger partial charge in [0.2, 0.25) is 11.8 Å². The van der Waals surface area contributed by atoms with Gasteiger partial charge in [0, 0.05) is 25.8 Å². The highest BCUT2D eigenvalue weighted by Crippen LogP contribution is 2.15. The zero-order chi connectivity index (χ0) is 19.9. The van der Waals surface area contributed by atoms with Crippen molar-refractivity contribution in [3.63, 3.8) is 0 Å². The van der Waals surface area contributed by atoms with E-state index < -0.39 is 0 Å². The quantitative estimate of drug-likeness (QED) is 0.482. The van der Waals surface area contributed by atoms with Crippen LogP contribution in [0.15, 0.2) is 41.8 Å². The van der Waals surface area contributed by atoms with E-state index in [4.69, 9.17) is 0 Å². The van der Waals surface area contributed by atoms with Crippen molar-refractivity contribution in [1.29, 1.82) is 0 Å². The number of hydrogen-bond donors (Lipinski definition) is 3. The summed E-state index contributed by atoms with van der Waals surface area (Å²) in [5.74, 6) is 0.235. The molecule has 0 saturated carbocycles. The van der Waals surface area contributed by atoms with Crippen molar-refractivity contribution in [2.45, 2.75) is 32.2 Å². The Bertz CT molecular complexity index is 932. The van der Waals surface area contributed by atoms with Crippen LogP contribution in [0.25, 0.3) is 11.0 Å². The van der Waals surface area contributed by atoms with Gasteiger partial charge in [-0.1, -0.05) is 18.2 Å². The minimum atomic E-state index is -0.265. The number of hydrogen-bond acceptors (Lipinski definition) is 5. The van der Waals surface area contributed by atoms with Gasteiger partial charge in [0.25, 0.3) is 0 Å². The second kappa shape index (κ2) is 9.27. The Balaban J connectivity index is 1.36. The van der Waals surface area contributed by atoms with Crippen LogP contribution in [0.5, 0.6) is 0 Å². The largest absolute Gasteiger partial charge is 0.356 e. The highest BCUT2D eigenvalue weighted by molar-refractivity contribution is 7.12. The Morgan fingerprint density at radius 2 is 1.89 bits per heavy atom. The van der Waals surface area contributed by atoms with Crippen LogP contribution in [0.1, 0.15) is 47.7 Å². The van der Waals surface area contributed by atoms with Gasteiger partial charge in [-0.3, -0.25) is 14.4 Å². The molecule has 1 atom stereocenters. The summed E-state index contributed by atoms with van der Waals surface area (Å²) in [7, 11) is 0. The molecule has 3 N–H and O–H groups in total. The average molecular weight is 398 g/mol. The molecule has 8 heteroatoms. The van der Waals surface area contributed by atoms with E-state index in [2.05, 4.69) is 20.6 Å². The van der Waals surface area contributed by atoms with Crippen molar-refractivity contribution in [3.05, 3.63) is 52.5 Å². The number of H-pyrrole nitrogens is 1. The number of carbonyl (C=O) groups is 3. The number of aromatic amines is 1. The topological polar surface area (TPSA) is 104 Å². The van der Waals surface area contributed by atoms with E-state index in [0.29, 0.717) is 10.7 Å². The summed E-state index contributed by atoms with van der Waals surface area (Å²) in [5, 5.41) is 7.37. The summed E-state index contributed by atoms with van der Waals surface area (Å²) < 4.78 is 0. The van der Waals surface area contributed by atoms with E-state index in [9.17, 15) is 14.4 Å². The number of rotatable bonds is 9. The Morgan fingerprint density at radius 3 is 2.64 bits per heavy atom. The van der Waals surface area contributed by atoms with Gasteiger partial charge in [0.15, 0.2) is 5.78 Å². The first-order valence-corrected chi connectivity index (χ1v) is 9.98. The summed E-state index contributed by atoms with van der Waals surface area (Å²) in [6.07, 6.45) is 0.449. The summed E-state index contributed by atoms with van der Waals surface area (Å²) >= 11 is 1.37. The molecule has 0 aliphatic carbocycles. The maximum absolute atomic E-state index is 12.1. The van der Waals surface area contributed by atoms with Crippen LogP contribution in [-0.4, -0.2) is 34.1 Å². The average Bonchev–Trinajstić information content (AvgIpc) is 3.35. The standard InChI is InChI=1S/C20H22N4O3S/c1-13(20-23-14-5-2-3-6-15(14)24-20)22-19(27)10-11-21-18(26)9-8-16(25)17-7-4-12-28-17/h2-7,12-13H,8-11H2,1H3,(H,21,26)(H,22,27)(H,23,24). The Kier molecular flexibility index (Phi) is 6.54. The molecule has 0 radical (unpaired) electrons. The number of carbonyl (C=O) groups excluding carboxylic acids is 3. The van der Waals surface area contributed by atoms with Gasteiger partial charge in [-0.05, 0) is 30.5 Å². The number of amides is 2. The van der Waals surface area contributed by atoms with E-state index in [0.717, 1.165) is 11.0 Å². The van der Waals surface area contributed by atoms with Gasteiger partial charge in [0.05, 0.1) is 22.0 Å². The molecule has 3 rings (SSSR count). The second-order valence-corrected chi connectivity index (χ2v) is 7.38. The van der Waals surface area contributed by atoms with Crippen molar-refractivity contribution in [1.82, 2.24) is 20.6 Å². The molecule has 7 nitrogen and oxygen atoms in total. The van der Waals surface area contributed by atoms with E-state index in [1.807, 2.05) is 42.6 Å². The highest BCUT2D eigenvalue weighted by Gasteiger charge is 2.14. The lowest BCUT2D eigenvalue weighted by atomic mass is 10.2. The maximum atomic E-state index is 12.1. The van der Waals surface area contributed by atoms with E-state index >= 15 is 0 Å². The SMILES string of the molecule is CC(NC(=O)CCNC(=O)CCC(=O)c1cccs1)c1nc2ccccc2[nH]1. The van der Waals surface area contributed by atoms with Gasteiger partial charge in [-0.15, -0.1) is 11.3 Å². The lowest BCUT2D eigenvalue weighted by Crippen LogP contribution is -2.32. The predicted octanol–water partition coefficient (Wildman–Crippen LogP) is 2.97. The number of thiophene rings is 1. The molecular formula is C20H22N4O3S. The summed E-state index contributed by atoms with van der Waals surface area (Å²) in [4.78, 5) is 44.1. The van der Waals surface area contributed by atoms with Crippen LogP contribution >= 0.6 is 11.3 Å². The van der Waals surface area contributed by atoms with E-state index in [1.165, 1.54) is 11.3 Å². The molecule has 2 amide bonds. The van der Waals surface area contributed by atoms with Crippen LogP contribution in [0.2, 0.25) is 0 Å². The third-order valence-electron chi connectivity index (χ3n) is 4.24. The molecule has 0 bridgehead atoms. The van der Waals surface area contributed by atoms with Gasteiger partial charge in [-0.25, -0.2) is 4.98 Å². The van der Waals surface area contributed by atoms with Crippen molar-refractivity contribution in [2.24, 2.45) is 0 Å². The number of ketones is 1. The highest BCUT2D eigenvalue weighted by atomic mass is 32.1. The molecule has 0 saturated heterocycles. The summed E-state index contributed by atoms with van der Waals surface area (Å²) in [6, 6.07) is 11.0. The van der Waals surface area contributed by atoms with Crippen molar-refractivity contribution in [2.75, 3.05) is 6.54 Å². The van der Waals surface area contributed by atoms with Crippen LogP contribution in [0.3, 0.4) is 0 Å². The van der Waals surface area contributed by atoms with Gasteiger partial charge >= 0.3 is 0 Å². The number of aromatic nitrogens is 2.